The highest BCUT2D eigenvalue weighted by Crippen LogP contribution is 2.37. The lowest BCUT2D eigenvalue weighted by Gasteiger charge is -2.32. The minimum atomic E-state index is 0. The van der Waals surface area contributed by atoms with E-state index in [-0.39, 0.29) is 29.7 Å². The number of benzene rings is 1. The Bertz CT molecular complexity index is 589. The fraction of sp³-hybridized carbons (Fsp3) is 0.650. The second-order valence-corrected chi connectivity index (χ2v) is 7.30. The average molecular weight is 491 g/mol. The first kappa shape index (κ1) is 23.7. The first-order valence-electron chi connectivity index (χ1n) is 9.45. The summed E-state index contributed by atoms with van der Waals surface area (Å²) in [6, 6.07) is 4.03. The summed E-state index contributed by atoms with van der Waals surface area (Å²) in [5, 5.41) is 16.9. The van der Waals surface area contributed by atoms with Crippen molar-refractivity contribution in [2.45, 2.75) is 52.6 Å². The number of methoxy groups -OCH3 is 2. The van der Waals surface area contributed by atoms with Gasteiger partial charge in [-0.05, 0) is 55.7 Å². The topological polar surface area (TPSA) is 75.1 Å². The number of halogens is 1. The normalized spacial score (nSPS) is 22.6. The highest BCUT2D eigenvalue weighted by Gasteiger charge is 2.24. The van der Waals surface area contributed by atoms with Crippen molar-refractivity contribution in [2.75, 3.05) is 20.8 Å². The molecule has 0 aliphatic heterocycles. The second kappa shape index (κ2) is 11.5. The molecule has 1 aromatic rings. The van der Waals surface area contributed by atoms with Crippen molar-refractivity contribution < 1.29 is 14.6 Å². The van der Waals surface area contributed by atoms with Crippen LogP contribution in [0.2, 0.25) is 0 Å². The van der Waals surface area contributed by atoms with Crippen LogP contribution in [-0.2, 0) is 6.54 Å². The van der Waals surface area contributed by atoms with E-state index in [0.717, 1.165) is 29.9 Å². The molecule has 0 amide bonds. The lowest BCUT2D eigenvalue weighted by atomic mass is 9.80. The number of guanidine groups is 1. The highest BCUT2D eigenvalue weighted by molar-refractivity contribution is 14.0. The van der Waals surface area contributed by atoms with Gasteiger partial charge < -0.3 is 25.2 Å². The number of phenols is 1. The predicted octanol–water partition coefficient (Wildman–Crippen LogP) is 3.91. The number of hydrogen-bond donors (Lipinski definition) is 3. The van der Waals surface area contributed by atoms with Crippen molar-refractivity contribution in [3.05, 3.63) is 17.7 Å². The number of rotatable bonds is 6. The van der Waals surface area contributed by atoms with Gasteiger partial charge in [0.05, 0.1) is 20.8 Å². The zero-order valence-corrected chi connectivity index (χ0v) is 19.4. The molecule has 27 heavy (non-hydrogen) atoms. The molecule has 0 spiro atoms. The van der Waals surface area contributed by atoms with Gasteiger partial charge in [-0.3, -0.25) is 0 Å². The monoisotopic (exact) mass is 491 g/mol. The Kier molecular flexibility index (Phi) is 10.0. The third-order valence-corrected chi connectivity index (χ3v) is 4.82. The van der Waals surface area contributed by atoms with Crippen molar-refractivity contribution >= 4 is 29.9 Å². The minimum Gasteiger partial charge on any atom is -0.502 e. The van der Waals surface area contributed by atoms with E-state index in [1.54, 1.807) is 12.1 Å². The van der Waals surface area contributed by atoms with Crippen molar-refractivity contribution in [1.82, 2.24) is 10.6 Å². The van der Waals surface area contributed by atoms with Crippen LogP contribution in [0.4, 0.5) is 0 Å². The molecule has 1 aliphatic carbocycles. The average Bonchev–Trinajstić information content (AvgIpc) is 2.59. The van der Waals surface area contributed by atoms with E-state index in [0.29, 0.717) is 24.1 Å². The third kappa shape index (κ3) is 6.93. The third-order valence-electron chi connectivity index (χ3n) is 4.82. The molecule has 0 radical (unpaired) electrons. The molecule has 7 heteroatoms. The molecule has 6 nitrogen and oxygen atoms in total. The summed E-state index contributed by atoms with van der Waals surface area (Å²) in [6.07, 6.45) is 3.66. The molecule has 1 aliphatic rings. The van der Waals surface area contributed by atoms with Crippen LogP contribution in [-0.4, -0.2) is 37.9 Å². The lowest BCUT2D eigenvalue weighted by Crippen LogP contribution is -2.46. The number of ether oxygens (including phenoxy) is 2. The van der Waals surface area contributed by atoms with Gasteiger partial charge in [-0.25, -0.2) is 4.99 Å². The smallest absolute Gasteiger partial charge is 0.200 e. The van der Waals surface area contributed by atoms with Gasteiger partial charge in [0.25, 0.3) is 0 Å². The summed E-state index contributed by atoms with van der Waals surface area (Å²) in [6.45, 7) is 7.99. The van der Waals surface area contributed by atoms with Crippen LogP contribution < -0.4 is 20.1 Å². The van der Waals surface area contributed by atoms with Crippen LogP contribution in [0.5, 0.6) is 17.2 Å². The summed E-state index contributed by atoms with van der Waals surface area (Å²) < 4.78 is 10.4. The molecule has 1 fully saturated rings. The van der Waals surface area contributed by atoms with Crippen LogP contribution in [0.15, 0.2) is 17.1 Å². The summed E-state index contributed by atoms with van der Waals surface area (Å²) in [4.78, 5) is 4.71. The van der Waals surface area contributed by atoms with Crippen LogP contribution in [0.1, 0.15) is 45.6 Å². The summed E-state index contributed by atoms with van der Waals surface area (Å²) in [7, 11) is 3.05. The molecular weight excluding hydrogens is 457 g/mol. The van der Waals surface area contributed by atoms with Crippen molar-refractivity contribution in [2.24, 2.45) is 16.8 Å². The van der Waals surface area contributed by atoms with Crippen LogP contribution in [0.3, 0.4) is 0 Å². The van der Waals surface area contributed by atoms with Gasteiger partial charge in [0.1, 0.15) is 0 Å². The maximum absolute atomic E-state index is 10.0. The van der Waals surface area contributed by atoms with Crippen molar-refractivity contribution in [1.29, 1.82) is 0 Å². The number of hydrogen-bond acceptors (Lipinski definition) is 4. The first-order chi connectivity index (χ1) is 12.5. The molecule has 2 rings (SSSR count). The van der Waals surface area contributed by atoms with Gasteiger partial charge in [-0.15, -0.1) is 24.0 Å². The number of nitrogens with zero attached hydrogens (tertiary/aromatic N) is 1. The number of phenolic OH excluding ortho intramolecular Hbond substituents is 1. The molecule has 3 N–H and O–H groups in total. The molecule has 154 valence electrons. The zero-order valence-electron chi connectivity index (χ0n) is 17.0. The molecule has 0 heterocycles. The summed E-state index contributed by atoms with van der Waals surface area (Å²) >= 11 is 0. The van der Waals surface area contributed by atoms with Crippen LogP contribution in [0.25, 0.3) is 0 Å². The van der Waals surface area contributed by atoms with E-state index in [2.05, 4.69) is 31.4 Å². The highest BCUT2D eigenvalue weighted by atomic mass is 127. The second-order valence-electron chi connectivity index (χ2n) is 7.30. The van der Waals surface area contributed by atoms with Crippen molar-refractivity contribution in [3.8, 4) is 17.2 Å². The molecule has 1 saturated carbocycles. The van der Waals surface area contributed by atoms with E-state index in [9.17, 15) is 5.11 Å². The van der Waals surface area contributed by atoms with E-state index < -0.39 is 0 Å². The van der Waals surface area contributed by atoms with E-state index in [1.165, 1.54) is 33.5 Å². The number of aromatic hydroxyl groups is 1. The molecule has 2 atom stereocenters. The molecule has 2 unspecified atom stereocenters. The van der Waals surface area contributed by atoms with Gasteiger partial charge in [-0.1, -0.05) is 13.8 Å². The number of nitrogens with one attached hydrogen (secondary N) is 2. The van der Waals surface area contributed by atoms with Gasteiger partial charge in [0.2, 0.25) is 5.75 Å². The van der Waals surface area contributed by atoms with Gasteiger partial charge in [0.15, 0.2) is 17.5 Å². The van der Waals surface area contributed by atoms with Gasteiger partial charge >= 0.3 is 0 Å². The SMILES string of the molecule is CCNC(=NCc1cc(OC)c(O)c(OC)c1)NC1CC(C)CC(C)C1.I. The Balaban J connectivity index is 0.00000364. The predicted molar refractivity (Wildman–Crippen MR) is 121 cm³/mol. The Morgan fingerprint density at radius 2 is 1.67 bits per heavy atom. The molecular formula is C20H34IN3O3. The largest absolute Gasteiger partial charge is 0.502 e. The molecule has 0 aromatic heterocycles. The molecule has 0 bridgehead atoms. The maximum Gasteiger partial charge on any atom is 0.200 e. The first-order valence-corrected chi connectivity index (χ1v) is 9.45. The van der Waals surface area contributed by atoms with Crippen LogP contribution >= 0.6 is 24.0 Å². The fourth-order valence-electron chi connectivity index (χ4n) is 3.79. The van der Waals surface area contributed by atoms with E-state index >= 15 is 0 Å². The van der Waals surface area contributed by atoms with E-state index in [4.69, 9.17) is 14.5 Å². The van der Waals surface area contributed by atoms with Crippen LogP contribution in [0, 0.1) is 11.8 Å². The summed E-state index contributed by atoms with van der Waals surface area (Å²) in [5.74, 6) is 3.10. The Morgan fingerprint density at radius 3 is 2.15 bits per heavy atom. The summed E-state index contributed by atoms with van der Waals surface area (Å²) in [5.41, 5.74) is 0.916. The number of aliphatic imine (C=N–C) groups is 1. The Labute approximate surface area is 180 Å². The quantitative estimate of drug-likeness (QED) is 0.320. The standard InChI is InChI=1S/C20H33N3O3.HI/c1-6-21-20(23-16-8-13(2)7-14(3)9-16)22-12-15-10-17(25-4)19(24)18(11-15)26-5;/h10-11,13-14,16,24H,6-9,12H2,1-5H3,(H2,21,22,23);1H. The fourth-order valence-corrected chi connectivity index (χ4v) is 3.79. The lowest BCUT2D eigenvalue weighted by molar-refractivity contribution is 0.255. The van der Waals surface area contributed by atoms with Crippen molar-refractivity contribution in [3.63, 3.8) is 0 Å². The zero-order chi connectivity index (χ0) is 19.1. The van der Waals surface area contributed by atoms with E-state index in [1.807, 2.05) is 0 Å². The Hall–Kier alpha value is -1.38. The molecule has 0 saturated heterocycles. The minimum absolute atomic E-state index is 0. The maximum atomic E-state index is 10.0. The van der Waals surface area contributed by atoms with Gasteiger partial charge in [-0.2, -0.15) is 0 Å². The Morgan fingerprint density at radius 1 is 1.11 bits per heavy atom. The van der Waals surface area contributed by atoms with Gasteiger partial charge in [0, 0.05) is 12.6 Å². The molecule has 1 aromatic carbocycles.